The minimum absolute atomic E-state index is 0.00408. The molecule has 1 unspecified atom stereocenters. The second kappa shape index (κ2) is 10.4. The number of nitrogens with zero attached hydrogens (tertiary/aromatic N) is 3. The van der Waals surface area contributed by atoms with Crippen LogP contribution in [-0.2, 0) is 20.9 Å². The third kappa shape index (κ3) is 5.78. The van der Waals surface area contributed by atoms with Gasteiger partial charge in [-0.1, -0.05) is 12.1 Å². The number of fused-ring (bicyclic) bond motifs is 1. The van der Waals surface area contributed by atoms with Crippen LogP contribution in [0.1, 0.15) is 45.2 Å². The molecule has 0 aliphatic heterocycles. The van der Waals surface area contributed by atoms with E-state index in [4.69, 9.17) is 0 Å². The molecule has 0 spiro atoms. The minimum Gasteiger partial charge on any atom is -0.349 e. The highest BCUT2D eigenvalue weighted by atomic mass is 32.1. The van der Waals surface area contributed by atoms with Crippen LogP contribution in [0.15, 0.2) is 71.7 Å². The van der Waals surface area contributed by atoms with Crippen LogP contribution < -0.4 is 15.5 Å². The van der Waals surface area contributed by atoms with Gasteiger partial charge in [0.2, 0.25) is 17.7 Å². The Bertz CT molecular complexity index is 1450. The van der Waals surface area contributed by atoms with E-state index in [1.807, 2.05) is 61.9 Å². The summed E-state index contributed by atoms with van der Waals surface area (Å²) in [6.07, 6.45) is 3.48. The van der Waals surface area contributed by atoms with Crippen molar-refractivity contribution < 1.29 is 14.4 Å². The van der Waals surface area contributed by atoms with Crippen LogP contribution >= 0.6 is 11.3 Å². The molecule has 3 amide bonds. The zero-order chi connectivity index (χ0) is 26.9. The van der Waals surface area contributed by atoms with Crippen molar-refractivity contribution in [3.05, 3.63) is 77.2 Å². The van der Waals surface area contributed by atoms with E-state index in [0.29, 0.717) is 11.4 Å². The first-order chi connectivity index (χ1) is 18.2. The Kier molecular flexibility index (Phi) is 7.03. The SMILES string of the molecule is CC(C)(C)NC(=O)C(c1ccsc1)N(C(=O)Cn1cnc2ccccc21)c1ccc(NC(=O)C2CC2)cc1. The predicted octanol–water partition coefficient (Wildman–Crippen LogP) is 5.14. The Morgan fingerprint density at radius 1 is 1.08 bits per heavy atom. The summed E-state index contributed by atoms with van der Waals surface area (Å²) in [4.78, 5) is 46.0. The summed E-state index contributed by atoms with van der Waals surface area (Å²) in [7, 11) is 0. The first kappa shape index (κ1) is 25.7. The average molecular weight is 530 g/mol. The van der Waals surface area contributed by atoms with E-state index in [9.17, 15) is 14.4 Å². The highest BCUT2D eigenvalue weighted by molar-refractivity contribution is 7.08. The number of carbonyl (C=O) groups is 3. The highest BCUT2D eigenvalue weighted by Crippen LogP contribution is 2.33. The lowest BCUT2D eigenvalue weighted by molar-refractivity contribution is -0.127. The first-order valence-electron chi connectivity index (χ1n) is 12.7. The molecular weight excluding hydrogens is 498 g/mol. The van der Waals surface area contributed by atoms with Gasteiger partial charge in [-0.15, -0.1) is 0 Å². The quantitative estimate of drug-likeness (QED) is 0.331. The van der Waals surface area contributed by atoms with Gasteiger partial charge in [-0.2, -0.15) is 11.3 Å². The summed E-state index contributed by atoms with van der Waals surface area (Å²) < 4.78 is 1.79. The molecule has 1 fully saturated rings. The molecule has 1 aliphatic rings. The fourth-order valence-electron chi connectivity index (χ4n) is 4.38. The number of rotatable bonds is 8. The van der Waals surface area contributed by atoms with Gasteiger partial charge in [0.25, 0.3) is 0 Å². The number of aromatic nitrogens is 2. The van der Waals surface area contributed by atoms with Crippen LogP contribution in [-0.4, -0.2) is 32.8 Å². The van der Waals surface area contributed by atoms with Crippen LogP contribution in [0.25, 0.3) is 11.0 Å². The lowest BCUT2D eigenvalue weighted by Crippen LogP contribution is -2.50. The lowest BCUT2D eigenvalue weighted by atomic mass is 10.0. The summed E-state index contributed by atoms with van der Waals surface area (Å²) in [5.41, 5.74) is 3.09. The molecule has 38 heavy (non-hydrogen) atoms. The topological polar surface area (TPSA) is 96.3 Å². The molecule has 0 bridgehead atoms. The van der Waals surface area contributed by atoms with Crippen LogP contribution in [0, 0.1) is 5.92 Å². The number of para-hydroxylation sites is 2. The summed E-state index contributed by atoms with van der Waals surface area (Å²) in [5, 5.41) is 9.78. The van der Waals surface area contributed by atoms with Crippen molar-refractivity contribution >= 4 is 51.5 Å². The third-order valence-electron chi connectivity index (χ3n) is 6.33. The number of benzene rings is 2. The molecule has 4 aromatic rings. The summed E-state index contributed by atoms with van der Waals surface area (Å²) in [6, 6.07) is 15.7. The zero-order valence-electron chi connectivity index (χ0n) is 21.7. The number of hydrogen-bond donors (Lipinski definition) is 2. The van der Waals surface area contributed by atoms with Gasteiger partial charge in [-0.25, -0.2) is 4.98 Å². The summed E-state index contributed by atoms with van der Waals surface area (Å²) >= 11 is 1.47. The van der Waals surface area contributed by atoms with Crippen LogP contribution in [0.3, 0.4) is 0 Å². The van der Waals surface area contributed by atoms with Gasteiger partial charge in [0.05, 0.1) is 17.4 Å². The lowest BCUT2D eigenvalue weighted by Gasteiger charge is -2.33. The Labute approximate surface area is 225 Å². The number of anilines is 2. The number of imidazole rings is 1. The maximum absolute atomic E-state index is 14.1. The average Bonchev–Trinajstić information content (AvgIpc) is 3.45. The normalized spacial score (nSPS) is 14.2. The second-order valence-electron chi connectivity index (χ2n) is 10.6. The Morgan fingerprint density at radius 3 is 2.47 bits per heavy atom. The Morgan fingerprint density at radius 2 is 1.82 bits per heavy atom. The van der Waals surface area contributed by atoms with Gasteiger partial charge in [-0.05, 0) is 92.4 Å². The van der Waals surface area contributed by atoms with E-state index in [2.05, 4.69) is 15.6 Å². The van der Waals surface area contributed by atoms with Crippen LogP contribution in [0.4, 0.5) is 11.4 Å². The van der Waals surface area contributed by atoms with E-state index < -0.39 is 11.6 Å². The van der Waals surface area contributed by atoms with E-state index in [1.165, 1.54) is 11.3 Å². The van der Waals surface area contributed by atoms with Crippen molar-refractivity contribution in [2.75, 3.05) is 10.2 Å². The van der Waals surface area contributed by atoms with Gasteiger partial charge < -0.3 is 15.2 Å². The molecule has 1 atom stereocenters. The fourth-order valence-corrected chi connectivity index (χ4v) is 5.06. The molecule has 2 N–H and O–H groups in total. The van der Waals surface area contributed by atoms with Crippen molar-refractivity contribution in [2.45, 2.75) is 51.7 Å². The zero-order valence-corrected chi connectivity index (χ0v) is 22.5. The molecule has 2 aromatic carbocycles. The van der Waals surface area contributed by atoms with Crippen molar-refractivity contribution in [1.29, 1.82) is 0 Å². The van der Waals surface area contributed by atoms with Crippen molar-refractivity contribution in [2.24, 2.45) is 5.92 Å². The van der Waals surface area contributed by atoms with E-state index >= 15 is 0 Å². The summed E-state index contributed by atoms with van der Waals surface area (Å²) in [6.45, 7) is 5.74. The second-order valence-corrected chi connectivity index (χ2v) is 11.4. The largest absolute Gasteiger partial charge is 0.349 e. The van der Waals surface area contributed by atoms with Gasteiger partial charge in [0.15, 0.2) is 0 Å². The maximum Gasteiger partial charge on any atom is 0.248 e. The summed E-state index contributed by atoms with van der Waals surface area (Å²) in [5.74, 6) is -0.436. The molecule has 0 radical (unpaired) electrons. The molecule has 1 saturated carbocycles. The highest BCUT2D eigenvalue weighted by Gasteiger charge is 2.35. The van der Waals surface area contributed by atoms with Gasteiger partial charge in [0.1, 0.15) is 12.6 Å². The van der Waals surface area contributed by atoms with Crippen LogP contribution in [0.5, 0.6) is 0 Å². The van der Waals surface area contributed by atoms with E-state index in [0.717, 1.165) is 29.4 Å². The third-order valence-corrected chi connectivity index (χ3v) is 7.03. The Hall–Kier alpha value is -3.98. The number of carbonyl (C=O) groups excluding carboxylic acids is 3. The minimum atomic E-state index is -0.880. The number of hydrogen-bond acceptors (Lipinski definition) is 5. The molecule has 0 saturated heterocycles. The number of nitrogens with one attached hydrogen (secondary N) is 2. The van der Waals surface area contributed by atoms with Crippen molar-refractivity contribution in [3.8, 4) is 0 Å². The Balaban J connectivity index is 1.52. The van der Waals surface area contributed by atoms with E-state index in [-0.39, 0.29) is 30.2 Å². The van der Waals surface area contributed by atoms with Crippen molar-refractivity contribution in [3.63, 3.8) is 0 Å². The molecule has 2 aromatic heterocycles. The predicted molar refractivity (Wildman–Crippen MR) is 150 cm³/mol. The molecule has 5 rings (SSSR count). The van der Waals surface area contributed by atoms with Gasteiger partial charge >= 0.3 is 0 Å². The van der Waals surface area contributed by atoms with Crippen LogP contribution in [0.2, 0.25) is 0 Å². The first-order valence-corrected chi connectivity index (χ1v) is 13.6. The molecule has 196 valence electrons. The van der Waals surface area contributed by atoms with E-state index in [1.54, 1.807) is 40.1 Å². The van der Waals surface area contributed by atoms with Crippen molar-refractivity contribution in [1.82, 2.24) is 14.9 Å². The fraction of sp³-hybridized carbons (Fsp3) is 0.310. The molecule has 1 aliphatic carbocycles. The standard InChI is InChI=1S/C29H31N5O3S/c1-29(2,3)32-28(37)26(20-14-15-38-17-20)34(22-12-10-21(11-13-22)31-27(36)19-8-9-19)25(35)16-33-18-30-23-6-4-5-7-24(23)33/h4-7,10-15,17-19,26H,8-9,16H2,1-3H3,(H,31,36)(H,32,37). The number of thiophene rings is 1. The maximum atomic E-state index is 14.1. The molecule has 8 nitrogen and oxygen atoms in total. The van der Waals surface area contributed by atoms with Gasteiger partial charge in [-0.3, -0.25) is 19.3 Å². The number of amides is 3. The smallest absolute Gasteiger partial charge is 0.248 e. The molecule has 9 heteroatoms. The van der Waals surface area contributed by atoms with Gasteiger partial charge in [0, 0.05) is 22.8 Å². The molecule has 2 heterocycles. The monoisotopic (exact) mass is 529 g/mol. The molecular formula is C29H31N5O3S.